The van der Waals surface area contributed by atoms with Crippen LogP contribution in [0.1, 0.15) is 50.8 Å². The average molecular weight is 410 g/mol. The number of nitrogens with two attached hydrogens (primary N) is 1. The number of anilines is 3. The summed E-state index contributed by atoms with van der Waals surface area (Å²) in [5.41, 5.74) is 10.9. The van der Waals surface area contributed by atoms with Crippen molar-refractivity contribution in [3.05, 3.63) is 41.7 Å². The van der Waals surface area contributed by atoms with Crippen LogP contribution in [0.15, 0.2) is 30.5 Å². The Morgan fingerprint density at radius 1 is 1.37 bits per heavy atom. The summed E-state index contributed by atoms with van der Waals surface area (Å²) in [4.78, 5) is 11.7. The third kappa shape index (κ3) is 4.07. The van der Waals surface area contributed by atoms with Gasteiger partial charge in [0.15, 0.2) is 0 Å². The van der Waals surface area contributed by atoms with E-state index in [1.54, 1.807) is 0 Å². The Morgan fingerprint density at radius 3 is 3.03 bits per heavy atom. The number of ether oxygens (including phenoxy) is 2. The molecule has 0 spiro atoms. The third-order valence-electron chi connectivity index (χ3n) is 5.82. The number of allylic oxidation sites excluding steroid dienone is 1. The van der Waals surface area contributed by atoms with Crippen LogP contribution < -0.4 is 20.7 Å². The molecule has 3 N–H and O–H groups in total. The molecule has 1 saturated heterocycles. The lowest BCUT2D eigenvalue weighted by Gasteiger charge is -2.41. The molecule has 160 valence electrons. The summed E-state index contributed by atoms with van der Waals surface area (Å²) < 4.78 is 11.6. The monoisotopic (exact) mass is 409 g/mol. The molecule has 4 rings (SSSR count). The van der Waals surface area contributed by atoms with E-state index in [-0.39, 0.29) is 5.92 Å². The Labute approximate surface area is 178 Å². The van der Waals surface area contributed by atoms with Gasteiger partial charge in [-0.05, 0) is 30.9 Å². The summed E-state index contributed by atoms with van der Waals surface area (Å²) >= 11 is 0. The van der Waals surface area contributed by atoms with Gasteiger partial charge in [0.05, 0.1) is 30.6 Å². The smallest absolute Gasteiger partial charge is 0.227 e. The zero-order valence-electron chi connectivity index (χ0n) is 18.0. The molecule has 1 aromatic carbocycles. The molecule has 2 atom stereocenters. The highest BCUT2D eigenvalue weighted by Crippen LogP contribution is 2.37. The molecule has 0 amide bonds. The van der Waals surface area contributed by atoms with Gasteiger partial charge in [0.1, 0.15) is 12.4 Å². The fourth-order valence-corrected chi connectivity index (χ4v) is 3.95. The van der Waals surface area contributed by atoms with E-state index < -0.39 is 0 Å². The number of aromatic nitrogens is 2. The molecule has 2 aliphatic heterocycles. The summed E-state index contributed by atoms with van der Waals surface area (Å²) in [6.07, 6.45) is 5.70. The van der Waals surface area contributed by atoms with Crippen molar-refractivity contribution in [3.63, 3.8) is 0 Å². The third-order valence-corrected chi connectivity index (χ3v) is 5.82. The minimum atomic E-state index is 0.289. The average Bonchev–Trinajstić information content (AvgIpc) is 2.78. The largest absolute Gasteiger partial charge is 0.489 e. The van der Waals surface area contributed by atoms with Crippen molar-refractivity contribution in [3.8, 4) is 5.75 Å². The Kier molecular flexibility index (Phi) is 6.08. The first-order valence-electron chi connectivity index (χ1n) is 10.8. The summed E-state index contributed by atoms with van der Waals surface area (Å²) in [6, 6.07) is 6.46. The maximum absolute atomic E-state index is 6.26. The Bertz CT molecular complexity index is 930. The molecule has 0 aliphatic carbocycles. The van der Waals surface area contributed by atoms with Gasteiger partial charge >= 0.3 is 0 Å². The highest BCUT2D eigenvalue weighted by Gasteiger charge is 2.30. The van der Waals surface area contributed by atoms with Crippen LogP contribution in [-0.4, -0.2) is 42.4 Å². The number of nitrogens with zero attached hydrogens (tertiary/aromatic N) is 3. The van der Waals surface area contributed by atoms with Crippen LogP contribution in [0.3, 0.4) is 0 Å². The van der Waals surface area contributed by atoms with Crippen LogP contribution >= 0.6 is 0 Å². The first-order valence-corrected chi connectivity index (χ1v) is 10.8. The molecule has 30 heavy (non-hydrogen) atoms. The predicted molar refractivity (Wildman–Crippen MR) is 120 cm³/mol. The van der Waals surface area contributed by atoms with Gasteiger partial charge in [0.25, 0.3) is 0 Å². The van der Waals surface area contributed by atoms with Gasteiger partial charge < -0.3 is 25.4 Å². The van der Waals surface area contributed by atoms with E-state index in [1.807, 2.05) is 24.4 Å². The standard InChI is InChI=1S/C23H31N5O2/c1-4-6-19(24)18-12-25-23(27-22(18)15(3)5-2)26-16-7-8-20-21(11-16)30-14-17-13-29-10-9-28(17)20/h6-8,11-12,15,17H,4-5,9-10,13-14,24H2,1-3H3,(H,25,26,27)/b19-6+. The Balaban J connectivity index is 1.59. The van der Waals surface area contributed by atoms with Gasteiger partial charge in [-0.1, -0.05) is 26.8 Å². The van der Waals surface area contributed by atoms with Crippen molar-refractivity contribution in [1.29, 1.82) is 0 Å². The number of hydrogen-bond donors (Lipinski definition) is 2. The van der Waals surface area contributed by atoms with Gasteiger partial charge in [0, 0.05) is 35.8 Å². The van der Waals surface area contributed by atoms with E-state index in [1.165, 1.54) is 0 Å². The number of benzene rings is 1. The molecule has 2 aromatic rings. The van der Waals surface area contributed by atoms with Crippen LogP contribution in [0, 0.1) is 0 Å². The van der Waals surface area contributed by atoms with E-state index in [9.17, 15) is 0 Å². The minimum absolute atomic E-state index is 0.289. The maximum Gasteiger partial charge on any atom is 0.227 e. The molecule has 0 radical (unpaired) electrons. The van der Waals surface area contributed by atoms with Crippen LogP contribution in [0.4, 0.5) is 17.3 Å². The first-order chi connectivity index (χ1) is 14.6. The SMILES string of the molecule is CC/C=C(/N)c1cnc(Nc2ccc3c(c2)OCC2COCCN32)nc1C(C)CC. The number of hydrogen-bond acceptors (Lipinski definition) is 7. The minimum Gasteiger partial charge on any atom is -0.489 e. The lowest BCUT2D eigenvalue weighted by Crippen LogP contribution is -2.51. The van der Waals surface area contributed by atoms with Gasteiger partial charge in [-0.3, -0.25) is 0 Å². The Hall–Kier alpha value is -2.80. The molecule has 0 bridgehead atoms. The number of rotatable bonds is 6. The van der Waals surface area contributed by atoms with Crippen molar-refractivity contribution < 1.29 is 9.47 Å². The van der Waals surface area contributed by atoms with Gasteiger partial charge in [-0.25, -0.2) is 9.97 Å². The Morgan fingerprint density at radius 2 is 2.23 bits per heavy atom. The summed E-state index contributed by atoms with van der Waals surface area (Å²) in [6.45, 7) is 9.40. The van der Waals surface area contributed by atoms with Crippen molar-refractivity contribution in [2.24, 2.45) is 5.73 Å². The second kappa shape index (κ2) is 8.92. The van der Waals surface area contributed by atoms with Crippen molar-refractivity contribution in [1.82, 2.24) is 9.97 Å². The van der Waals surface area contributed by atoms with Crippen molar-refractivity contribution in [2.75, 3.05) is 36.6 Å². The maximum atomic E-state index is 6.26. The van der Waals surface area contributed by atoms with E-state index in [0.29, 0.717) is 25.2 Å². The van der Waals surface area contributed by atoms with E-state index >= 15 is 0 Å². The van der Waals surface area contributed by atoms with Crippen LogP contribution in [-0.2, 0) is 4.74 Å². The molecular weight excluding hydrogens is 378 g/mol. The summed E-state index contributed by atoms with van der Waals surface area (Å²) in [5, 5.41) is 3.34. The molecular formula is C23H31N5O2. The van der Waals surface area contributed by atoms with Gasteiger partial charge in [-0.15, -0.1) is 0 Å². The predicted octanol–water partition coefficient (Wildman–Crippen LogP) is 4.04. The molecule has 7 heteroatoms. The number of morpholine rings is 1. The molecule has 0 saturated carbocycles. The van der Waals surface area contributed by atoms with Crippen LogP contribution in [0.25, 0.3) is 5.70 Å². The lowest BCUT2D eigenvalue weighted by atomic mass is 9.98. The van der Waals surface area contributed by atoms with Crippen molar-refractivity contribution >= 4 is 23.0 Å². The number of fused-ring (bicyclic) bond motifs is 3. The molecule has 2 aliphatic rings. The number of nitrogens with one attached hydrogen (secondary N) is 1. The molecule has 3 heterocycles. The molecule has 1 aromatic heterocycles. The highest BCUT2D eigenvalue weighted by molar-refractivity contribution is 5.69. The van der Waals surface area contributed by atoms with Crippen LogP contribution in [0.2, 0.25) is 0 Å². The first kappa shape index (κ1) is 20.5. The second-order valence-corrected chi connectivity index (χ2v) is 7.91. The molecule has 7 nitrogen and oxygen atoms in total. The fourth-order valence-electron chi connectivity index (χ4n) is 3.95. The fraction of sp³-hybridized carbons (Fsp3) is 0.478. The van der Waals surface area contributed by atoms with E-state index in [4.69, 9.17) is 20.2 Å². The molecule has 1 fully saturated rings. The van der Waals surface area contributed by atoms with Crippen molar-refractivity contribution in [2.45, 2.75) is 45.6 Å². The summed E-state index contributed by atoms with van der Waals surface area (Å²) in [7, 11) is 0. The highest BCUT2D eigenvalue weighted by atomic mass is 16.5. The zero-order chi connectivity index (χ0) is 21.1. The normalized spacial score (nSPS) is 19.5. The zero-order valence-corrected chi connectivity index (χ0v) is 18.0. The van der Waals surface area contributed by atoms with Gasteiger partial charge in [0.2, 0.25) is 5.95 Å². The van der Waals surface area contributed by atoms with E-state index in [2.05, 4.69) is 42.0 Å². The van der Waals surface area contributed by atoms with Crippen LogP contribution in [0.5, 0.6) is 5.75 Å². The second-order valence-electron chi connectivity index (χ2n) is 7.91. The lowest BCUT2D eigenvalue weighted by molar-refractivity contribution is 0.0705. The van der Waals surface area contributed by atoms with E-state index in [0.717, 1.165) is 60.1 Å². The topological polar surface area (TPSA) is 85.5 Å². The summed E-state index contributed by atoms with van der Waals surface area (Å²) in [5.74, 6) is 1.74. The molecule has 2 unspecified atom stereocenters. The quantitative estimate of drug-likeness (QED) is 0.745. The van der Waals surface area contributed by atoms with Gasteiger partial charge in [-0.2, -0.15) is 0 Å².